The highest BCUT2D eigenvalue weighted by Crippen LogP contribution is 2.14. The van der Waals surface area contributed by atoms with Gasteiger partial charge in [0, 0.05) is 13.2 Å². The van der Waals surface area contributed by atoms with Crippen molar-refractivity contribution in [1.82, 2.24) is 9.55 Å². The summed E-state index contributed by atoms with van der Waals surface area (Å²) in [6, 6.07) is 8.03. The van der Waals surface area contributed by atoms with Crippen molar-refractivity contribution in [3.8, 4) is 5.75 Å². The van der Waals surface area contributed by atoms with Gasteiger partial charge in [-0.05, 0) is 31.5 Å². The molecule has 0 aliphatic rings. The molecule has 1 heterocycles. The lowest BCUT2D eigenvalue weighted by atomic mass is 10.2. The number of aromatic nitrogens is 2. The fourth-order valence-electron chi connectivity index (χ4n) is 1.56. The molecule has 0 aliphatic carbocycles. The number of hydrogen-bond acceptors (Lipinski definition) is 2. The largest absolute Gasteiger partial charge is 0.487 e. The second kappa shape index (κ2) is 4.39. The van der Waals surface area contributed by atoms with Crippen molar-refractivity contribution in [2.45, 2.75) is 20.5 Å². The van der Waals surface area contributed by atoms with Crippen LogP contribution in [0, 0.1) is 13.8 Å². The van der Waals surface area contributed by atoms with E-state index < -0.39 is 0 Å². The van der Waals surface area contributed by atoms with E-state index in [1.807, 2.05) is 42.9 Å². The van der Waals surface area contributed by atoms with Crippen molar-refractivity contribution in [2.75, 3.05) is 0 Å². The molecule has 2 rings (SSSR count). The molecule has 0 saturated heterocycles. The molecule has 0 unspecified atom stereocenters. The van der Waals surface area contributed by atoms with Crippen LogP contribution in [0.5, 0.6) is 5.75 Å². The summed E-state index contributed by atoms with van der Waals surface area (Å²) in [5.41, 5.74) is 2.16. The van der Waals surface area contributed by atoms with E-state index in [0.717, 1.165) is 17.3 Å². The Balaban J connectivity index is 2.02. The Labute approximate surface area is 95.7 Å². The van der Waals surface area contributed by atoms with Crippen LogP contribution in [0.2, 0.25) is 0 Å². The van der Waals surface area contributed by atoms with Crippen LogP contribution in [0.15, 0.2) is 30.5 Å². The average Bonchev–Trinajstić information content (AvgIpc) is 2.56. The smallest absolute Gasteiger partial charge is 0.132 e. The van der Waals surface area contributed by atoms with E-state index in [1.54, 1.807) is 0 Å². The van der Waals surface area contributed by atoms with E-state index >= 15 is 0 Å². The predicted molar refractivity (Wildman–Crippen MR) is 63.5 cm³/mol. The molecule has 84 valence electrons. The minimum Gasteiger partial charge on any atom is -0.487 e. The zero-order chi connectivity index (χ0) is 11.5. The number of hydrogen-bond donors (Lipinski definition) is 0. The maximum absolute atomic E-state index is 5.67. The van der Waals surface area contributed by atoms with Gasteiger partial charge in [0.1, 0.15) is 18.2 Å². The Morgan fingerprint density at radius 2 is 2.12 bits per heavy atom. The van der Waals surface area contributed by atoms with Gasteiger partial charge in [-0.15, -0.1) is 0 Å². The number of nitrogens with zero attached hydrogens (tertiary/aromatic N) is 2. The first-order chi connectivity index (χ1) is 7.65. The Morgan fingerprint density at radius 1 is 1.31 bits per heavy atom. The van der Waals surface area contributed by atoms with E-state index in [0.29, 0.717) is 6.61 Å². The van der Waals surface area contributed by atoms with Crippen LogP contribution >= 0.6 is 0 Å². The Hall–Kier alpha value is -1.77. The van der Waals surface area contributed by atoms with E-state index in [-0.39, 0.29) is 0 Å². The first-order valence-corrected chi connectivity index (χ1v) is 5.33. The molecule has 3 nitrogen and oxygen atoms in total. The number of imidazole rings is 1. The predicted octanol–water partition coefficient (Wildman–Crippen LogP) is 2.62. The second-order valence-electron chi connectivity index (χ2n) is 4.00. The highest BCUT2D eigenvalue weighted by Gasteiger charge is 2.01. The summed E-state index contributed by atoms with van der Waals surface area (Å²) in [6.07, 6.45) is 1.99. The molecular formula is C13H16N2O. The highest BCUT2D eigenvalue weighted by molar-refractivity contribution is 5.27. The minimum atomic E-state index is 0.519. The van der Waals surface area contributed by atoms with Crippen LogP contribution in [0.3, 0.4) is 0 Å². The van der Waals surface area contributed by atoms with Crippen LogP contribution in [0.25, 0.3) is 0 Å². The maximum atomic E-state index is 5.67. The summed E-state index contributed by atoms with van der Waals surface area (Å²) < 4.78 is 7.66. The van der Waals surface area contributed by atoms with Gasteiger partial charge >= 0.3 is 0 Å². The molecule has 1 aromatic heterocycles. The van der Waals surface area contributed by atoms with Crippen molar-refractivity contribution in [3.63, 3.8) is 0 Å². The van der Waals surface area contributed by atoms with Crippen molar-refractivity contribution in [3.05, 3.63) is 47.5 Å². The van der Waals surface area contributed by atoms with Crippen molar-refractivity contribution < 1.29 is 4.74 Å². The van der Waals surface area contributed by atoms with Gasteiger partial charge in [-0.25, -0.2) is 4.98 Å². The van der Waals surface area contributed by atoms with Gasteiger partial charge in [0.25, 0.3) is 0 Å². The molecule has 0 fully saturated rings. The zero-order valence-electron chi connectivity index (χ0n) is 9.90. The van der Waals surface area contributed by atoms with E-state index in [2.05, 4.69) is 18.0 Å². The average molecular weight is 216 g/mol. The summed E-state index contributed by atoms with van der Waals surface area (Å²) in [5.74, 6) is 1.89. The van der Waals surface area contributed by atoms with Gasteiger partial charge in [0.2, 0.25) is 0 Å². The molecule has 0 radical (unpaired) electrons. The molecule has 2 aromatic rings. The molecule has 3 heteroatoms. The fourth-order valence-corrected chi connectivity index (χ4v) is 1.56. The SMILES string of the molecule is Cc1cccc(OCc2cn(C)c(C)n2)c1. The van der Waals surface area contributed by atoms with Gasteiger partial charge in [-0.3, -0.25) is 0 Å². The lowest BCUT2D eigenvalue weighted by Gasteiger charge is -2.04. The Kier molecular flexibility index (Phi) is 2.95. The molecule has 0 bridgehead atoms. The second-order valence-corrected chi connectivity index (χ2v) is 4.00. The van der Waals surface area contributed by atoms with Gasteiger partial charge in [-0.2, -0.15) is 0 Å². The van der Waals surface area contributed by atoms with E-state index in [4.69, 9.17) is 4.74 Å². The molecule has 0 aliphatic heterocycles. The van der Waals surface area contributed by atoms with Crippen molar-refractivity contribution in [2.24, 2.45) is 7.05 Å². The summed E-state index contributed by atoms with van der Waals surface area (Å²) in [7, 11) is 1.98. The Bertz CT molecular complexity index is 469. The molecule has 1 aromatic carbocycles. The maximum Gasteiger partial charge on any atom is 0.132 e. The topological polar surface area (TPSA) is 27.1 Å². The Morgan fingerprint density at radius 3 is 2.75 bits per heavy atom. The molecule has 0 amide bonds. The van der Waals surface area contributed by atoms with Crippen molar-refractivity contribution in [1.29, 1.82) is 0 Å². The molecule has 0 N–H and O–H groups in total. The summed E-state index contributed by atoms with van der Waals surface area (Å²) in [6.45, 7) is 4.55. The first-order valence-electron chi connectivity index (χ1n) is 5.33. The van der Waals surface area contributed by atoms with Crippen LogP contribution in [0.4, 0.5) is 0 Å². The number of ether oxygens (including phenoxy) is 1. The monoisotopic (exact) mass is 216 g/mol. The highest BCUT2D eigenvalue weighted by atomic mass is 16.5. The normalized spacial score (nSPS) is 10.4. The standard InChI is InChI=1S/C13H16N2O/c1-10-5-4-6-13(7-10)16-9-12-8-15(3)11(2)14-12/h4-8H,9H2,1-3H3. The van der Waals surface area contributed by atoms with Crippen LogP contribution in [-0.2, 0) is 13.7 Å². The van der Waals surface area contributed by atoms with Crippen molar-refractivity contribution >= 4 is 0 Å². The lowest BCUT2D eigenvalue weighted by Crippen LogP contribution is -1.95. The van der Waals surface area contributed by atoms with Crippen LogP contribution < -0.4 is 4.74 Å². The van der Waals surface area contributed by atoms with Crippen LogP contribution in [0.1, 0.15) is 17.1 Å². The number of benzene rings is 1. The molecule has 0 saturated carbocycles. The van der Waals surface area contributed by atoms with Crippen LogP contribution in [-0.4, -0.2) is 9.55 Å². The number of aryl methyl sites for hydroxylation is 3. The van der Waals surface area contributed by atoms with Gasteiger partial charge in [0.05, 0.1) is 5.69 Å². The van der Waals surface area contributed by atoms with Gasteiger partial charge in [0.15, 0.2) is 0 Å². The zero-order valence-corrected chi connectivity index (χ0v) is 9.90. The number of rotatable bonds is 3. The summed E-state index contributed by atoms with van der Waals surface area (Å²) in [5, 5.41) is 0. The fraction of sp³-hybridized carbons (Fsp3) is 0.308. The molecule has 0 spiro atoms. The van der Waals surface area contributed by atoms with Gasteiger partial charge < -0.3 is 9.30 Å². The quantitative estimate of drug-likeness (QED) is 0.788. The van der Waals surface area contributed by atoms with E-state index in [1.165, 1.54) is 5.56 Å². The summed E-state index contributed by atoms with van der Waals surface area (Å²) in [4.78, 5) is 4.39. The molecular weight excluding hydrogens is 200 g/mol. The molecule has 16 heavy (non-hydrogen) atoms. The molecule has 0 atom stereocenters. The third kappa shape index (κ3) is 2.42. The third-order valence-electron chi connectivity index (χ3n) is 2.53. The van der Waals surface area contributed by atoms with E-state index in [9.17, 15) is 0 Å². The van der Waals surface area contributed by atoms with Gasteiger partial charge in [-0.1, -0.05) is 12.1 Å². The minimum absolute atomic E-state index is 0.519. The summed E-state index contributed by atoms with van der Waals surface area (Å²) >= 11 is 0. The third-order valence-corrected chi connectivity index (χ3v) is 2.53. The lowest BCUT2D eigenvalue weighted by molar-refractivity contribution is 0.301. The first kappa shape index (κ1) is 10.7.